The molecule has 0 bridgehead atoms. The number of aromatic nitrogens is 4. The summed E-state index contributed by atoms with van der Waals surface area (Å²) in [4.78, 5) is 18.7. The molecule has 5 heterocycles. The first-order chi connectivity index (χ1) is 15.8. The van der Waals surface area contributed by atoms with Crippen molar-refractivity contribution >= 4 is 11.3 Å². The predicted molar refractivity (Wildman–Crippen MR) is 127 cm³/mol. The second-order valence-electron chi connectivity index (χ2n) is 9.13. The highest BCUT2D eigenvalue weighted by molar-refractivity contribution is 5.68. The quantitative estimate of drug-likeness (QED) is 0.494. The maximum atomic E-state index is 4.63. The van der Waals surface area contributed by atoms with E-state index in [-0.39, 0.29) is 0 Å². The third kappa shape index (κ3) is 3.87. The van der Waals surface area contributed by atoms with Crippen LogP contribution in [0.4, 0.5) is 5.69 Å². The van der Waals surface area contributed by atoms with E-state index in [1.165, 1.54) is 41.8 Å². The van der Waals surface area contributed by atoms with Gasteiger partial charge in [-0.3, -0.25) is 0 Å². The zero-order chi connectivity index (χ0) is 21.3. The first kappa shape index (κ1) is 19.8. The van der Waals surface area contributed by atoms with Gasteiger partial charge in [0.15, 0.2) is 0 Å². The van der Waals surface area contributed by atoms with E-state index in [1.54, 1.807) is 0 Å². The molecule has 7 nitrogen and oxygen atoms in total. The Kier molecular flexibility index (Phi) is 5.29. The summed E-state index contributed by atoms with van der Waals surface area (Å²) in [6.07, 6.45) is 12.1. The van der Waals surface area contributed by atoms with Crippen molar-refractivity contribution in [1.29, 1.82) is 0 Å². The highest BCUT2D eigenvalue weighted by Crippen LogP contribution is 2.29. The minimum Gasteiger partial charge on any atom is -0.367 e. The summed E-state index contributed by atoms with van der Waals surface area (Å²) in [6.45, 7) is 4.12. The summed E-state index contributed by atoms with van der Waals surface area (Å²) in [7, 11) is 0. The molecule has 0 radical (unpaired) electrons. The monoisotopic (exact) mass is 429 g/mol. The van der Waals surface area contributed by atoms with E-state index in [9.17, 15) is 0 Å². The maximum Gasteiger partial charge on any atom is 0.123 e. The Morgan fingerprint density at radius 3 is 2.06 bits per heavy atom. The molecule has 3 aromatic rings. The second-order valence-corrected chi connectivity index (χ2v) is 9.13. The number of H-pyrrole nitrogens is 2. The van der Waals surface area contributed by atoms with Gasteiger partial charge >= 0.3 is 0 Å². The highest BCUT2D eigenvalue weighted by atomic mass is 15.1. The van der Waals surface area contributed by atoms with Gasteiger partial charge in [-0.1, -0.05) is 18.2 Å². The third-order valence-electron chi connectivity index (χ3n) is 7.07. The lowest BCUT2D eigenvalue weighted by Gasteiger charge is -2.28. The zero-order valence-corrected chi connectivity index (χ0v) is 18.4. The van der Waals surface area contributed by atoms with Crippen LogP contribution in [0.3, 0.4) is 0 Å². The number of hydrogen-bond acceptors (Lipinski definition) is 5. The Labute approximate surface area is 188 Å². The van der Waals surface area contributed by atoms with E-state index >= 15 is 0 Å². The summed E-state index contributed by atoms with van der Waals surface area (Å²) >= 11 is 0. The van der Waals surface area contributed by atoms with Gasteiger partial charge in [-0.25, -0.2) is 9.97 Å². The van der Waals surface area contributed by atoms with E-state index < -0.39 is 0 Å². The lowest BCUT2D eigenvalue weighted by Crippen LogP contribution is -2.28. The topological polar surface area (TPSA) is 84.7 Å². The van der Waals surface area contributed by atoms with Crippen LogP contribution in [0.25, 0.3) is 16.8 Å². The second kappa shape index (κ2) is 8.56. The van der Waals surface area contributed by atoms with Crippen LogP contribution in [-0.4, -0.2) is 46.1 Å². The van der Waals surface area contributed by atoms with Crippen molar-refractivity contribution in [1.82, 2.24) is 30.6 Å². The van der Waals surface area contributed by atoms with E-state index in [2.05, 4.69) is 65.8 Å². The largest absolute Gasteiger partial charge is 0.367 e. The first-order valence-corrected chi connectivity index (χ1v) is 11.9. The van der Waals surface area contributed by atoms with Gasteiger partial charge in [0.05, 0.1) is 35.9 Å². The molecule has 2 saturated heterocycles. The number of nitrogens with one attached hydrogen (secondary N) is 4. The summed E-state index contributed by atoms with van der Waals surface area (Å²) < 4.78 is 0. The molecular weight excluding hydrogens is 398 g/mol. The number of rotatable bonds is 5. The van der Waals surface area contributed by atoms with Gasteiger partial charge in [-0.05, 0) is 68.5 Å². The zero-order valence-electron chi connectivity index (χ0n) is 18.4. The standard InChI is InChI=1S/C25H31N7/c1-3-20(26-11-1)24-28-15-22(30-24)17-5-7-19(8-6-17)32-13-9-18(10-14-32)23-16-29-25(31-23)21-4-2-12-27-21/h5-9,15-16,20-21,26-27H,1-4,10-14H2,(H,28,30)(H,29,31)/t20-,21?/m0/s1. The van der Waals surface area contributed by atoms with Gasteiger partial charge in [0.1, 0.15) is 11.6 Å². The Morgan fingerprint density at radius 1 is 0.812 bits per heavy atom. The van der Waals surface area contributed by atoms with Crippen LogP contribution in [-0.2, 0) is 0 Å². The molecule has 166 valence electrons. The normalized spacial score (nSPS) is 23.6. The Hall–Kier alpha value is -2.90. The van der Waals surface area contributed by atoms with Gasteiger partial charge in [-0.15, -0.1) is 0 Å². The fourth-order valence-corrected chi connectivity index (χ4v) is 5.17. The molecule has 0 aliphatic carbocycles. The average molecular weight is 430 g/mol. The lowest BCUT2D eigenvalue weighted by atomic mass is 10.0. The molecule has 0 amide bonds. The minimum absolute atomic E-state index is 0.373. The van der Waals surface area contributed by atoms with Crippen molar-refractivity contribution < 1.29 is 0 Å². The van der Waals surface area contributed by atoms with Crippen molar-refractivity contribution in [2.24, 2.45) is 0 Å². The van der Waals surface area contributed by atoms with E-state index in [0.717, 1.165) is 56.4 Å². The Morgan fingerprint density at radius 2 is 1.47 bits per heavy atom. The van der Waals surface area contributed by atoms with E-state index in [1.807, 2.05) is 12.4 Å². The molecule has 6 rings (SSSR count). The molecule has 1 unspecified atom stereocenters. The molecule has 3 aliphatic heterocycles. The molecule has 2 atom stereocenters. The van der Waals surface area contributed by atoms with E-state index in [0.29, 0.717) is 12.1 Å². The number of aromatic amines is 2. The van der Waals surface area contributed by atoms with Gasteiger partial charge in [0, 0.05) is 18.8 Å². The smallest absolute Gasteiger partial charge is 0.123 e. The van der Waals surface area contributed by atoms with Gasteiger partial charge in [0.25, 0.3) is 0 Å². The number of anilines is 1. The molecule has 3 aliphatic rings. The molecule has 2 aromatic heterocycles. The van der Waals surface area contributed by atoms with Gasteiger partial charge in [0.2, 0.25) is 0 Å². The Bertz CT molecular complexity index is 1080. The average Bonchev–Trinajstić information content (AvgIpc) is 3.66. The number of hydrogen-bond donors (Lipinski definition) is 4. The number of benzene rings is 1. The first-order valence-electron chi connectivity index (χ1n) is 11.9. The SMILES string of the molecule is C1=C(c2cnc(C3CCCN3)[nH]2)CCN(c2ccc(-c3cnc([C@@H]4CCCN4)[nH]3)cc2)C1. The summed E-state index contributed by atoms with van der Waals surface area (Å²) in [5, 5.41) is 7.02. The molecule has 7 heteroatoms. The number of imidazole rings is 2. The summed E-state index contributed by atoms with van der Waals surface area (Å²) in [5.41, 5.74) is 6.09. The third-order valence-corrected chi connectivity index (χ3v) is 7.07. The predicted octanol–water partition coefficient (Wildman–Crippen LogP) is 3.94. The molecule has 0 spiro atoms. The van der Waals surface area contributed by atoms with Crippen LogP contribution >= 0.6 is 0 Å². The molecule has 0 saturated carbocycles. The van der Waals surface area contributed by atoms with Crippen LogP contribution in [0.2, 0.25) is 0 Å². The Balaban J connectivity index is 1.11. The molecule has 4 N–H and O–H groups in total. The molecule has 1 aromatic carbocycles. The summed E-state index contributed by atoms with van der Waals surface area (Å²) in [5.74, 6) is 2.14. The fraction of sp³-hybridized carbons (Fsp3) is 0.440. The van der Waals surface area contributed by atoms with Crippen LogP contribution in [0.5, 0.6) is 0 Å². The van der Waals surface area contributed by atoms with Crippen molar-refractivity contribution in [3.8, 4) is 11.3 Å². The van der Waals surface area contributed by atoms with Crippen LogP contribution in [0.15, 0.2) is 42.7 Å². The minimum atomic E-state index is 0.373. The van der Waals surface area contributed by atoms with Crippen molar-refractivity contribution in [2.75, 3.05) is 31.1 Å². The lowest BCUT2D eigenvalue weighted by molar-refractivity contribution is 0.612. The maximum absolute atomic E-state index is 4.63. The van der Waals surface area contributed by atoms with Crippen LogP contribution < -0.4 is 15.5 Å². The summed E-state index contributed by atoms with van der Waals surface area (Å²) in [6, 6.07) is 9.61. The van der Waals surface area contributed by atoms with Crippen LogP contribution in [0, 0.1) is 0 Å². The van der Waals surface area contributed by atoms with Crippen LogP contribution in [0.1, 0.15) is 61.5 Å². The van der Waals surface area contributed by atoms with Gasteiger partial charge in [-0.2, -0.15) is 0 Å². The van der Waals surface area contributed by atoms with Gasteiger partial charge < -0.3 is 25.5 Å². The molecule has 32 heavy (non-hydrogen) atoms. The number of nitrogens with zero attached hydrogens (tertiary/aromatic N) is 3. The highest BCUT2D eigenvalue weighted by Gasteiger charge is 2.21. The van der Waals surface area contributed by atoms with Crippen molar-refractivity contribution in [3.63, 3.8) is 0 Å². The molecule has 2 fully saturated rings. The van der Waals surface area contributed by atoms with Crippen molar-refractivity contribution in [2.45, 2.75) is 44.2 Å². The fourth-order valence-electron chi connectivity index (χ4n) is 5.17. The molecular formula is C25H31N7. The van der Waals surface area contributed by atoms with E-state index in [4.69, 9.17) is 0 Å². The van der Waals surface area contributed by atoms with Crippen molar-refractivity contribution in [3.05, 3.63) is 60.1 Å².